The Balaban J connectivity index is 3.48. The molecule has 1 rings (SSSR count). The molecule has 1 aromatic rings. The van der Waals surface area contributed by atoms with Crippen molar-refractivity contribution in [2.45, 2.75) is 26.2 Å². The summed E-state index contributed by atoms with van der Waals surface area (Å²) in [4.78, 5) is 10.7. The molecule has 0 saturated carbocycles. The number of halogens is 4. The highest BCUT2D eigenvalue weighted by Crippen LogP contribution is 2.25. The molecule has 17 heavy (non-hydrogen) atoms. The van der Waals surface area contributed by atoms with Crippen LogP contribution in [0.1, 0.15) is 35.7 Å². The molecule has 0 fully saturated rings. The van der Waals surface area contributed by atoms with Crippen molar-refractivity contribution in [2.24, 2.45) is 0 Å². The maximum Gasteiger partial charge on any atom is 0.339 e. The predicted octanol–water partition coefficient (Wildman–Crippen LogP) is 3.28. The Morgan fingerprint density at radius 3 is 2.06 bits per heavy atom. The molecule has 1 aromatic carbocycles. The average molecular weight is 250 g/mol. The van der Waals surface area contributed by atoms with Crippen molar-refractivity contribution < 1.29 is 27.5 Å². The van der Waals surface area contributed by atoms with E-state index in [2.05, 4.69) is 0 Å². The number of carboxylic acid groups (broad SMARTS) is 1. The Kier molecular flexibility index (Phi) is 4.09. The van der Waals surface area contributed by atoms with Gasteiger partial charge in [-0.3, -0.25) is 0 Å². The van der Waals surface area contributed by atoms with Crippen molar-refractivity contribution in [3.8, 4) is 0 Å². The number of carboxylic acids is 1. The van der Waals surface area contributed by atoms with Gasteiger partial charge in [-0.1, -0.05) is 13.3 Å². The minimum atomic E-state index is -2.10. The van der Waals surface area contributed by atoms with Gasteiger partial charge < -0.3 is 5.11 Å². The second kappa shape index (κ2) is 5.16. The molecule has 0 amide bonds. The zero-order chi connectivity index (χ0) is 13.2. The Morgan fingerprint density at radius 1 is 1.06 bits per heavy atom. The second-order valence-corrected chi connectivity index (χ2v) is 3.52. The van der Waals surface area contributed by atoms with Crippen LogP contribution in [0.5, 0.6) is 0 Å². The number of aromatic carboxylic acids is 1. The van der Waals surface area contributed by atoms with Gasteiger partial charge in [-0.25, -0.2) is 22.4 Å². The summed E-state index contributed by atoms with van der Waals surface area (Å²) in [6.07, 6.45) is 0.777. The summed E-state index contributed by atoms with van der Waals surface area (Å²) < 4.78 is 52.4. The van der Waals surface area contributed by atoms with Gasteiger partial charge in [0, 0.05) is 5.56 Å². The third-order valence-corrected chi connectivity index (χ3v) is 2.36. The fourth-order valence-corrected chi connectivity index (χ4v) is 1.49. The number of hydrogen-bond acceptors (Lipinski definition) is 1. The maximum absolute atomic E-state index is 13.3. The van der Waals surface area contributed by atoms with Crippen molar-refractivity contribution in [1.29, 1.82) is 0 Å². The first-order valence-electron chi connectivity index (χ1n) is 4.99. The van der Waals surface area contributed by atoms with Crippen LogP contribution in [0.3, 0.4) is 0 Å². The Morgan fingerprint density at radius 2 is 1.59 bits per heavy atom. The molecule has 1 N–H and O–H groups in total. The fourth-order valence-electron chi connectivity index (χ4n) is 1.49. The standard InChI is InChI=1S/C11H10F4O2/c1-2-3-4-5-6(11(16)17)8(13)10(15)9(14)7(5)12/h2-4H2,1H3,(H,16,17). The van der Waals surface area contributed by atoms with Gasteiger partial charge in [0.05, 0.1) is 0 Å². The minimum Gasteiger partial charge on any atom is -0.478 e. The topological polar surface area (TPSA) is 37.3 Å². The summed E-state index contributed by atoms with van der Waals surface area (Å²) in [5, 5.41) is 8.69. The number of hydrogen-bond donors (Lipinski definition) is 1. The molecule has 94 valence electrons. The van der Waals surface area contributed by atoms with Crippen molar-refractivity contribution in [3.05, 3.63) is 34.4 Å². The molecule has 0 aromatic heterocycles. The lowest BCUT2D eigenvalue weighted by Crippen LogP contribution is -2.13. The van der Waals surface area contributed by atoms with E-state index in [4.69, 9.17) is 5.11 Å². The first kappa shape index (κ1) is 13.5. The SMILES string of the molecule is CCCCc1c(F)c(F)c(F)c(F)c1C(=O)O. The van der Waals surface area contributed by atoms with Gasteiger partial charge in [0.1, 0.15) is 5.56 Å². The van der Waals surface area contributed by atoms with Crippen LogP contribution in [-0.2, 0) is 6.42 Å². The van der Waals surface area contributed by atoms with Crippen molar-refractivity contribution >= 4 is 5.97 Å². The zero-order valence-corrected chi connectivity index (χ0v) is 8.99. The largest absolute Gasteiger partial charge is 0.478 e. The first-order valence-corrected chi connectivity index (χ1v) is 4.99. The Bertz CT molecular complexity index is 458. The summed E-state index contributed by atoms with van der Waals surface area (Å²) in [6, 6.07) is 0. The minimum absolute atomic E-state index is 0.155. The molecule has 0 saturated heterocycles. The average Bonchev–Trinajstić information content (AvgIpc) is 2.28. The first-order chi connectivity index (χ1) is 7.91. The predicted molar refractivity (Wildman–Crippen MR) is 51.8 cm³/mol. The Labute approximate surface area is 94.9 Å². The van der Waals surface area contributed by atoms with Crippen LogP contribution in [0, 0.1) is 23.3 Å². The van der Waals surface area contributed by atoms with E-state index in [1.807, 2.05) is 0 Å². The highest BCUT2D eigenvalue weighted by molar-refractivity contribution is 5.89. The number of rotatable bonds is 4. The molecule has 0 radical (unpaired) electrons. The van der Waals surface area contributed by atoms with E-state index in [-0.39, 0.29) is 6.42 Å². The van der Waals surface area contributed by atoms with E-state index in [0.29, 0.717) is 12.8 Å². The molecule has 0 atom stereocenters. The summed E-state index contributed by atoms with van der Waals surface area (Å²) in [5.74, 6) is -9.37. The summed E-state index contributed by atoms with van der Waals surface area (Å²) in [7, 11) is 0. The lowest BCUT2D eigenvalue weighted by atomic mass is 10.00. The molecular weight excluding hydrogens is 240 g/mol. The monoisotopic (exact) mass is 250 g/mol. The summed E-state index contributed by atoms with van der Waals surface area (Å²) >= 11 is 0. The van der Waals surface area contributed by atoms with E-state index in [0.717, 1.165) is 0 Å². The fraction of sp³-hybridized carbons (Fsp3) is 0.364. The Hall–Kier alpha value is -1.59. The van der Waals surface area contributed by atoms with Crippen LogP contribution in [0.15, 0.2) is 0 Å². The molecule has 0 aliphatic heterocycles. The molecule has 0 aliphatic rings. The molecule has 0 bridgehead atoms. The van der Waals surface area contributed by atoms with Crippen molar-refractivity contribution in [2.75, 3.05) is 0 Å². The molecule has 0 unspecified atom stereocenters. The van der Waals surface area contributed by atoms with Crippen LogP contribution in [0.4, 0.5) is 17.6 Å². The molecule has 6 heteroatoms. The molecule has 0 heterocycles. The highest BCUT2D eigenvalue weighted by atomic mass is 19.2. The van der Waals surface area contributed by atoms with Gasteiger partial charge in [0.2, 0.25) is 0 Å². The lowest BCUT2D eigenvalue weighted by molar-refractivity contribution is 0.0688. The van der Waals surface area contributed by atoms with Gasteiger partial charge >= 0.3 is 5.97 Å². The van der Waals surface area contributed by atoms with E-state index in [1.54, 1.807) is 6.92 Å². The van der Waals surface area contributed by atoms with E-state index in [9.17, 15) is 22.4 Å². The summed E-state index contributed by atoms with van der Waals surface area (Å²) in [6.45, 7) is 1.74. The van der Waals surface area contributed by atoms with Crippen molar-refractivity contribution in [1.82, 2.24) is 0 Å². The van der Waals surface area contributed by atoms with Gasteiger partial charge in [-0.05, 0) is 12.8 Å². The van der Waals surface area contributed by atoms with Crippen LogP contribution in [-0.4, -0.2) is 11.1 Å². The molecule has 0 aliphatic carbocycles. The van der Waals surface area contributed by atoms with Gasteiger partial charge in [-0.2, -0.15) is 0 Å². The van der Waals surface area contributed by atoms with Crippen LogP contribution in [0.25, 0.3) is 0 Å². The summed E-state index contributed by atoms with van der Waals surface area (Å²) in [5.41, 5.74) is -1.76. The van der Waals surface area contributed by atoms with Crippen molar-refractivity contribution in [3.63, 3.8) is 0 Å². The van der Waals surface area contributed by atoms with Crippen LogP contribution in [0.2, 0.25) is 0 Å². The number of unbranched alkanes of at least 4 members (excludes halogenated alkanes) is 1. The maximum atomic E-state index is 13.3. The third kappa shape index (κ3) is 2.40. The van der Waals surface area contributed by atoms with Crippen LogP contribution < -0.4 is 0 Å². The second-order valence-electron chi connectivity index (χ2n) is 3.52. The molecule has 2 nitrogen and oxygen atoms in total. The smallest absolute Gasteiger partial charge is 0.339 e. The molecular formula is C11H10F4O2. The zero-order valence-electron chi connectivity index (χ0n) is 8.99. The molecule has 0 spiro atoms. The van der Waals surface area contributed by atoms with Crippen LogP contribution >= 0.6 is 0 Å². The third-order valence-electron chi connectivity index (χ3n) is 2.36. The van der Waals surface area contributed by atoms with Gasteiger partial charge in [0.15, 0.2) is 23.3 Å². The van der Waals surface area contributed by atoms with E-state index < -0.39 is 40.4 Å². The quantitative estimate of drug-likeness (QED) is 0.505. The normalized spacial score (nSPS) is 10.6. The highest BCUT2D eigenvalue weighted by Gasteiger charge is 2.28. The van der Waals surface area contributed by atoms with Gasteiger partial charge in [-0.15, -0.1) is 0 Å². The number of benzene rings is 1. The van der Waals surface area contributed by atoms with Gasteiger partial charge in [0.25, 0.3) is 0 Å². The van der Waals surface area contributed by atoms with E-state index >= 15 is 0 Å². The lowest BCUT2D eigenvalue weighted by Gasteiger charge is -2.10. The van der Waals surface area contributed by atoms with E-state index in [1.165, 1.54) is 0 Å². The number of carbonyl (C=O) groups is 1.